The lowest BCUT2D eigenvalue weighted by molar-refractivity contribution is 0.111. The summed E-state index contributed by atoms with van der Waals surface area (Å²) in [5.74, 6) is 0.0833. The monoisotopic (exact) mass is 98.0 g/mol. The minimum absolute atomic E-state index is 0.0833. The molecule has 7 heavy (non-hydrogen) atoms. The van der Waals surface area contributed by atoms with Crippen LogP contribution < -0.4 is 0 Å². The maximum atomic E-state index is 9.68. The Bertz CT molecular complexity index is 146. The van der Waals surface area contributed by atoms with E-state index in [4.69, 9.17) is 0 Å². The van der Waals surface area contributed by atoms with Gasteiger partial charge in [0, 0.05) is 0 Å². The van der Waals surface area contributed by atoms with E-state index in [1.807, 2.05) is 0 Å². The number of rotatable bonds is 1. The van der Waals surface area contributed by atoms with Crippen LogP contribution in [0.5, 0.6) is 0 Å². The highest BCUT2D eigenvalue weighted by molar-refractivity contribution is 5.67. The Balaban J connectivity index is 2.96. The first-order valence-electron chi connectivity index (χ1n) is 1.65. The third-order valence-electron chi connectivity index (χ3n) is 0.484. The number of carbonyl (C=O) groups excluding carboxylic acids is 1. The molecule has 0 aromatic carbocycles. The van der Waals surface area contributed by atoms with E-state index < -0.39 is 0 Å². The number of carbonyl (C=O) groups is 1. The highest BCUT2D eigenvalue weighted by Crippen LogP contribution is 1.77. The van der Waals surface area contributed by atoms with Gasteiger partial charge in [0.15, 0.2) is 6.29 Å². The zero-order valence-corrected chi connectivity index (χ0v) is 3.37. The van der Waals surface area contributed by atoms with Crippen LogP contribution in [0.1, 0.15) is 10.6 Å². The Labute approximate surface area is 39.1 Å². The Morgan fingerprint density at radius 3 is 3.00 bits per heavy atom. The summed E-state index contributed by atoms with van der Waals surface area (Å²) < 4.78 is 4.21. The SMILES string of the molecule is O=Cc1ncon1. The zero-order chi connectivity index (χ0) is 5.11. The zero-order valence-electron chi connectivity index (χ0n) is 3.37. The van der Waals surface area contributed by atoms with Crippen molar-refractivity contribution in [1.82, 2.24) is 10.1 Å². The largest absolute Gasteiger partial charge is 0.342 e. The molecule has 4 heteroatoms. The average molecular weight is 98.1 g/mol. The van der Waals surface area contributed by atoms with E-state index in [2.05, 4.69) is 14.7 Å². The molecule has 1 aromatic heterocycles. The highest BCUT2D eigenvalue weighted by atomic mass is 16.5. The highest BCUT2D eigenvalue weighted by Gasteiger charge is 1.88. The Morgan fingerprint density at radius 2 is 2.71 bits per heavy atom. The summed E-state index contributed by atoms with van der Waals surface area (Å²) in [6, 6.07) is 0. The van der Waals surface area contributed by atoms with Crippen molar-refractivity contribution in [3.05, 3.63) is 12.2 Å². The second-order valence-corrected chi connectivity index (χ2v) is 0.907. The first kappa shape index (κ1) is 3.98. The number of nitrogens with zero attached hydrogens (tertiary/aromatic N) is 2. The van der Waals surface area contributed by atoms with Crippen LogP contribution in [0.4, 0.5) is 0 Å². The molecule has 0 unspecified atom stereocenters. The van der Waals surface area contributed by atoms with Gasteiger partial charge in [0.05, 0.1) is 0 Å². The first-order valence-corrected chi connectivity index (χ1v) is 1.65. The van der Waals surface area contributed by atoms with Crippen molar-refractivity contribution in [3.8, 4) is 0 Å². The molecule has 1 heterocycles. The summed E-state index contributed by atoms with van der Waals surface area (Å²) in [4.78, 5) is 13.1. The van der Waals surface area contributed by atoms with Crippen molar-refractivity contribution >= 4 is 6.29 Å². The fraction of sp³-hybridized carbons (Fsp3) is 0. The lowest BCUT2D eigenvalue weighted by Crippen LogP contribution is -1.78. The average Bonchev–Trinajstić information content (AvgIpc) is 2.14. The summed E-state index contributed by atoms with van der Waals surface area (Å²) in [6.07, 6.45) is 1.62. The fourth-order valence-corrected chi connectivity index (χ4v) is 0.231. The van der Waals surface area contributed by atoms with Crippen molar-refractivity contribution in [2.24, 2.45) is 0 Å². The lowest BCUT2D eigenvalue weighted by Gasteiger charge is -1.60. The van der Waals surface area contributed by atoms with Gasteiger partial charge < -0.3 is 4.52 Å². The van der Waals surface area contributed by atoms with Crippen LogP contribution in [0.3, 0.4) is 0 Å². The molecule has 0 spiro atoms. The standard InChI is InChI=1S/C3H2N2O2/c6-1-3-4-2-7-5-3/h1-2H. The summed E-state index contributed by atoms with van der Waals surface area (Å²) in [5.41, 5.74) is 0. The van der Waals surface area contributed by atoms with E-state index in [1.165, 1.54) is 0 Å². The van der Waals surface area contributed by atoms with Gasteiger partial charge in [-0.1, -0.05) is 5.16 Å². The number of aromatic nitrogens is 2. The topological polar surface area (TPSA) is 56.0 Å². The van der Waals surface area contributed by atoms with Crippen LogP contribution in [0.25, 0.3) is 0 Å². The second kappa shape index (κ2) is 1.51. The molecule has 0 bridgehead atoms. The quantitative estimate of drug-likeness (QED) is 0.459. The molecule has 0 aliphatic heterocycles. The summed E-state index contributed by atoms with van der Waals surface area (Å²) in [5, 5.41) is 3.18. The van der Waals surface area contributed by atoms with Crippen molar-refractivity contribution in [1.29, 1.82) is 0 Å². The van der Waals surface area contributed by atoms with Gasteiger partial charge in [-0.25, -0.2) is 0 Å². The molecule has 4 nitrogen and oxygen atoms in total. The van der Waals surface area contributed by atoms with Gasteiger partial charge in [0.1, 0.15) is 0 Å². The molecular weight excluding hydrogens is 96.0 g/mol. The number of hydrogen-bond acceptors (Lipinski definition) is 4. The molecule has 1 aromatic rings. The van der Waals surface area contributed by atoms with Crippen LogP contribution in [0, 0.1) is 0 Å². The third kappa shape index (κ3) is 0.623. The van der Waals surface area contributed by atoms with Gasteiger partial charge in [-0.15, -0.1) is 0 Å². The molecule has 0 radical (unpaired) electrons. The van der Waals surface area contributed by atoms with Crippen molar-refractivity contribution < 1.29 is 9.32 Å². The summed E-state index contributed by atoms with van der Waals surface area (Å²) >= 11 is 0. The van der Waals surface area contributed by atoms with E-state index in [-0.39, 0.29) is 5.82 Å². The molecule has 0 saturated heterocycles. The number of hydrogen-bond donors (Lipinski definition) is 0. The molecule has 0 atom stereocenters. The van der Waals surface area contributed by atoms with E-state index in [9.17, 15) is 4.79 Å². The molecule has 0 fully saturated rings. The minimum Gasteiger partial charge on any atom is -0.342 e. The Kier molecular flexibility index (Phi) is 0.856. The molecular formula is C3H2N2O2. The molecule has 0 amide bonds. The molecule has 0 aliphatic rings. The smallest absolute Gasteiger partial charge is 0.235 e. The van der Waals surface area contributed by atoms with Gasteiger partial charge in [-0.05, 0) is 0 Å². The maximum Gasteiger partial charge on any atom is 0.235 e. The van der Waals surface area contributed by atoms with Crippen LogP contribution >= 0.6 is 0 Å². The van der Waals surface area contributed by atoms with Gasteiger partial charge in [0.2, 0.25) is 12.2 Å². The number of aldehydes is 1. The van der Waals surface area contributed by atoms with Crippen LogP contribution in [0.15, 0.2) is 10.9 Å². The molecule has 0 N–H and O–H groups in total. The Hall–Kier alpha value is -1.19. The van der Waals surface area contributed by atoms with E-state index in [1.54, 1.807) is 0 Å². The maximum absolute atomic E-state index is 9.68. The normalized spacial score (nSPS) is 8.57. The first-order chi connectivity index (χ1) is 3.43. The van der Waals surface area contributed by atoms with E-state index in [0.29, 0.717) is 6.29 Å². The minimum atomic E-state index is 0.0833. The van der Waals surface area contributed by atoms with E-state index in [0.717, 1.165) is 6.39 Å². The van der Waals surface area contributed by atoms with Gasteiger partial charge in [-0.2, -0.15) is 4.98 Å². The van der Waals surface area contributed by atoms with Gasteiger partial charge in [0.25, 0.3) is 0 Å². The lowest BCUT2D eigenvalue weighted by atomic mass is 10.7. The predicted octanol–water partition coefficient (Wildman–Crippen LogP) is -0.118. The van der Waals surface area contributed by atoms with Crippen molar-refractivity contribution in [3.63, 3.8) is 0 Å². The predicted molar refractivity (Wildman–Crippen MR) is 19.7 cm³/mol. The fourth-order valence-electron chi connectivity index (χ4n) is 0.231. The van der Waals surface area contributed by atoms with Crippen molar-refractivity contribution in [2.45, 2.75) is 0 Å². The summed E-state index contributed by atoms with van der Waals surface area (Å²) in [7, 11) is 0. The van der Waals surface area contributed by atoms with E-state index >= 15 is 0 Å². The van der Waals surface area contributed by atoms with Crippen molar-refractivity contribution in [2.75, 3.05) is 0 Å². The van der Waals surface area contributed by atoms with Gasteiger partial charge in [-0.3, -0.25) is 4.79 Å². The van der Waals surface area contributed by atoms with Crippen LogP contribution in [-0.2, 0) is 0 Å². The molecule has 1 rings (SSSR count). The van der Waals surface area contributed by atoms with Crippen LogP contribution in [-0.4, -0.2) is 16.4 Å². The summed E-state index contributed by atoms with van der Waals surface area (Å²) in [6.45, 7) is 0. The molecule has 0 aliphatic carbocycles. The third-order valence-corrected chi connectivity index (χ3v) is 0.484. The molecule has 0 saturated carbocycles. The van der Waals surface area contributed by atoms with Crippen LogP contribution in [0.2, 0.25) is 0 Å². The van der Waals surface area contributed by atoms with Gasteiger partial charge >= 0.3 is 0 Å². The molecule has 36 valence electrons. The Morgan fingerprint density at radius 1 is 1.86 bits per heavy atom. The second-order valence-electron chi connectivity index (χ2n) is 0.907.